The zero-order valence-electron chi connectivity index (χ0n) is 17.1. The Hall–Kier alpha value is -3.49. The number of benzene rings is 1. The number of aryl methyl sites for hydroxylation is 2. The molecule has 0 aliphatic carbocycles. The highest BCUT2D eigenvalue weighted by Gasteiger charge is 2.27. The molecule has 2 aromatic heterocycles. The predicted molar refractivity (Wildman–Crippen MR) is 108 cm³/mol. The number of hydrogen-bond donors (Lipinski definition) is 0. The van der Waals surface area contributed by atoms with Crippen molar-refractivity contribution in [2.45, 2.75) is 26.8 Å². The van der Waals surface area contributed by atoms with Crippen LogP contribution in [0.5, 0.6) is 0 Å². The fraction of sp³-hybridized carbons (Fsp3) is 0.381. The van der Waals surface area contributed by atoms with E-state index in [2.05, 4.69) is 15.5 Å². The Morgan fingerprint density at radius 2 is 1.73 bits per heavy atom. The van der Waals surface area contributed by atoms with Crippen LogP contribution in [0.4, 0.5) is 0 Å². The van der Waals surface area contributed by atoms with Gasteiger partial charge in [-0.15, -0.1) is 5.10 Å². The van der Waals surface area contributed by atoms with Gasteiger partial charge in [0.05, 0.1) is 24.9 Å². The summed E-state index contributed by atoms with van der Waals surface area (Å²) in [6, 6.07) is 9.89. The van der Waals surface area contributed by atoms with Crippen molar-refractivity contribution in [1.82, 2.24) is 30.0 Å². The number of carbonyl (C=O) groups is 2. The third-order valence-electron chi connectivity index (χ3n) is 5.37. The predicted octanol–water partition coefficient (Wildman–Crippen LogP) is 1.46. The van der Waals surface area contributed by atoms with Gasteiger partial charge in [0.15, 0.2) is 5.69 Å². The van der Waals surface area contributed by atoms with E-state index in [4.69, 9.17) is 4.52 Å². The van der Waals surface area contributed by atoms with Gasteiger partial charge in [0.2, 0.25) is 5.91 Å². The number of carbonyl (C=O) groups excluding carboxylic acids is 2. The largest absolute Gasteiger partial charge is 0.361 e. The minimum Gasteiger partial charge on any atom is -0.361 e. The Morgan fingerprint density at radius 1 is 1.03 bits per heavy atom. The maximum absolute atomic E-state index is 12.8. The first kappa shape index (κ1) is 19.8. The van der Waals surface area contributed by atoms with Crippen molar-refractivity contribution in [2.24, 2.45) is 0 Å². The van der Waals surface area contributed by atoms with E-state index in [1.54, 1.807) is 20.7 Å². The molecule has 0 unspecified atom stereocenters. The first-order chi connectivity index (χ1) is 14.5. The molecule has 156 valence electrons. The minimum absolute atomic E-state index is 0.0188. The lowest BCUT2D eigenvalue weighted by Crippen LogP contribution is -2.51. The molecule has 0 saturated carbocycles. The van der Waals surface area contributed by atoms with Gasteiger partial charge >= 0.3 is 0 Å². The maximum Gasteiger partial charge on any atom is 0.276 e. The number of amides is 2. The van der Waals surface area contributed by atoms with Crippen LogP contribution in [-0.4, -0.2) is 67.9 Å². The molecule has 0 radical (unpaired) electrons. The molecular formula is C21H24N6O3. The highest BCUT2D eigenvalue weighted by molar-refractivity contribution is 5.92. The van der Waals surface area contributed by atoms with Crippen LogP contribution in [0.1, 0.15) is 33.1 Å². The molecule has 1 saturated heterocycles. The lowest BCUT2D eigenvalue weighted by Gasteiger charge is -2.34. The SMILES string of the molecule is Cc1noc(C)c1CC(=O)N1CCN(C(=O)c2cn(Cc3ccccc3)nn2)CC1. The van der Waals surface area contributed by atoms with Gasteiger partial charge < -0.3 is 14.3 Å². The summed E-state index contributed by atoms with van der Waals surface area (Å²) in [5.74, 6) is 0.533. The van der Waals surface area contributed by atoms with Crippen molar-refractivity contribution >= 4 is 11.8 Å². The molecule has 0 spiro atoms. The third kappa shape index (κ3) is 4.24. The van der Waals surface area contributed by atoms with E-state index < -0.39 is 0 Å². The molecule has 3 heterocycles. The molecule has 4 rings (SSSR count). The van der Waals surface area contributed by atoms with Gasteiger partial charge in [-0.2, -0.15) is 0 Å². The second kappa shape index (κ2) is 8.48. The smallest absolute Gasteiger partial charge is 0.276 e. The first-order valence-electron chi connectivity index (χ1n) is 9.94. The second-order valence-corrected chi connectivity index (χ2v) is 7.44. The topological polar surface area (TPSA) is 97.4 Å². The molecule has 1 aromatic carbocycles. The zero-order chi connectivity index (χ0) is 21.1. The summed E-state index contributed by atoms with van der Waals surface area (Å²) in [5.41, 5.74) is 3.00. The van der Waals surface area contributed by atoms with Crippen LogP contribution in [0.15, 0.2) is 41.1 Å². The molecule has 1 aliphatic heterocycles. The number of hydrogen-bond acceptors (Lipinski definition) is 6. The summed E-state index contributed by atoms with van der Waals surface area (Å²) in [5, 5.41) is 12.0. The van der Waals surface area contributed by atoms with Crippen molar-refractivity contribution in [1.29, 1.82) is 0 Å². The van der Waals surface area contributed by atoms with E-state index in [-0.39, 0.29) is 18.2 Å². The van der Waals surface area contributed by atoms with E-state index >= 15 is 0 Å². The number of rotatable bonds is 5. The van der Waals surface area contributed by atoms with Crippen LogP contribution < -0.4 is 0 Å². The van der Waals surface area contributed by atoms with Gasteiger partial charge in [-0.25, -0.2) is 4.68 Å². The van der Waals surface area contributed by atoms with Crippen LogP contribution in [0, 0.1) is 13.8 Å². The van der Waals surface area contributed by atoms with Crippen molar-refractivity contribution < 1.29 is 14.1 Å². The highest BCUT2D eigenvalue weighted by atomic mass is 16.5. The Kier molecular flexibility index (Phi) is 5.60. The standard InChI is InChI=1S/C21H24N6O3/c1-15-18(16(2)30-23-15)12-20(28)25-8-10-26(11-9-25)21(29)19-14-27(24-22-19)13-17-6-4-3-5-7-17/h3-7,14H,8-13H2,1-2H3. The molecule has 1 aliphatic rings. The molecule has 2 amide bonds. The summed E-state index contributed by atoms with van der Waals surface area (Å²) < 4.78 is 6.79. The van der Waals surface area contributed by atoms with Crippen LogP contribution in [0.2, 0.25) is 0 Å². The van der Waals surface area contributed by atoms with Gasteiger partial charge in [-0.3, -0.25) is 9.59 Å². The van der Waals surface area contributed by atoms with Crippen LogP contribution in [0.3, 0.4) is 0 Å². The molecule has 1 fully saturated rings. The molecular weight excluding hydrogens is 384 g/mol. The normalized spacial score (nSPS) is 14.2. The highest BCUT2D eigenvalue weighted by Crippen LogP contribution is 2.15. The van der Waals surface area contributed by atoms with Gasteiger partial charge in [0.1, 0.15) is 5.76 Å². The quantitative estimate of drug-likeness (QED) is 0.634. The molecule has 9 heteroatoms. The Morgan fingerprint density at radius 3 is 2.40 bits per heavy atom. The average molecular weight is 408 g/mol. The summed E-state index contributed by atoms with van der Waals surface area (Å²) >= 11 is 0. The van der Waals surface area contributed by atoms with Crippen molar-refractivity contribution in [3.05, 3.63) is 64.8 Å². The van der Waals surface area contributed by atoms with E-state index in [0.717, 1.165) is 16.8 Å². The Labute approximate surface area is 174 Å². The molecule has 3 aromatic rings. The Balaban J connectivity index is 1.32. The monoisotopic (exact) mass is 408 g/mol. The fourth-order valence-corrected chi connectivity index (χ4v) is 3.58. The molecule has 0 atom stereocenters. The van der Waals surface area contributed by atoms with Crippen LogP contribution in [0.25, 0.3) is 0 Å². The zero-order valence-corrected chi connectivity index (χ0v) is 17.1. The van der Waals surface area contributed by atoms with Crippen LogP contribution >= 0.6 is 0 Å². The summed E-state index contributed by atoms with van der Waals surface area (Å²) in [6.07, 6.45) is 1.94. The van der Waals surface area contributed by atoms with Crippen LogP contribution in [-0.2, 0) is 17.8 Å². The summed E-state index contributed by atoms with van der Waals surface area (Å²) in [4.78, 5) is 28.9. The first-order valence-corrected chi connectivity index (χ1v) is 9.94. The van der Waals surface area contributed by atoms with Crippen molar-refractivity contribution in [3.8, 4) is 0 Å². The minimum atomic E-state index is -0.160. The maximum atomic E-state index is 12.8. The van der Waals surface area contributed by atoms with Gasteiger partial charge in [-0.1, -0.05) is 40.7 Å². The molecule has 0 N–H and O–H groups in total. The molecule has 9 nitrogen and oxygen atoms in total. The average Bonchev–Trinajstić information content (AvgIpc) is 3.36. The van der Waals surface area contributed by atoms with Gasteiger partial charge in [0, 0.05) is 31.7 Å². The fourth-order valence-electron chi connectivity index (χ4n) is 3.58. The summed E-state index contributed by atoms with van der Waals surface area (Å²) in [7, 11) is 0. The van der Waals surface area contributed by atoms with Gasteiger partial charge in [-0.05, 0) is 19.4 Å². The van der Waals surface area contributed by atoms with E-state index in [1.807, 2.05) is 44.2 Å². The third-order valence-corrected chi connectivity index (χ3v) is 5.37. The van der Waals surface area contributed by atoms with E-state index in [9.17, 15) is 9.59 Å². The lowest BCUT2D eigenvalue weighted by molar-refractivity contribution is -0.131. The number of piperazine rings is 1. The molecule has 0 bridgehead atoms. The van der Waals surface area contributed by atoms with Gasteiger partial charge in [0.25, 0.3) is 5.91 Å². The second-order valence-electron chi connectivity index (χ2n) is 7.44. The number of nitrogens with zero attached hydrogens (tertiary/aromatic N) is 6. The lowest BCUT2D eigenvalue weighted by atomic mass is 10.1. The number of aromatic nitrogens is 4. The Bertz CT molecular complexity index is 1010. The molecule has 30 heavy (non-hydrogen) atoms. The van der Waals surface area contributed by atoms with E-state index in [0.29, 0.717) is 44.2 Å². The summed E-state index contributed by atoms with van der Waals surface area (Å²) in [6.45, 7) is 6.13. The van der Waals surface area contributed by atoms with Crippen molar-refractivity contribution in [3.63, 3.8) is 0 Å². The van der Waals surface area contributed by atoms with Crippen molar-refractivity contribution in [2.75, 3.05) is 26.2 Å². The van der Waals surface area contributed by atoms with E-state index in [1.165, 1.54) is 0 Å².